The lowest BCUT2D eigenvalue weighted by molar-refractivity contribution is -0.151. The van der Waals surface area contributed by atoms with E-state index in [9.17, 15) is 24.3 Å². The maximum Gasteiger partial charge on any atom is 0.347 e. The molecule has 31 heavy (non-hydrogen) atoms. The van der Waals surface area contributed by atoms with Crippen LogP contribution in [0.15, 0.2) is 10.5 Å². The van der Waals surface area contributed by atoms with E-state index < -0.39 is 46.0 Å². The monoisotopic (exact) mass is 489 g/mol. The number of thioether (sulfide) groups is 2. The Hall–Kier alpha value is -2.52. The fourth-order valence-corrected chi connectivity index (χ4v) is 5.94. The molecule has 0 spiro atoms. The number of hydrogen-bond acceptors (Lipinski definition) is 11. The van der Waals surface area contributed by atoms with Gasteiger partial charge in [-0.3, -0.25) is 14.4 Å². The van der Waals surface area contributed by atoms with Gasteiger partial charge >= 0.3 is 11.9 Å². The Labute approximate surface area is 188 Å². The van der Waals surface area contributed by atoms with Crippen LogP contribution in [0.2, 0.25) is 0 Å². The number of carboxylic acid groups (broad SMARTS) is 2. The second-order valence-electron chi connectivity index (χ2n) is 6.72. The molecule has 0 saturated carbocycles. The van der Waals surface area contributed by atoms with Crippen molar-refractivity contribution in [3.63, 3.8) is 0 Å². The number of nitrogens with one attached hydrogen (secondary N) is 1. The number of nitrogens with two attached hydrogens (primary N) is 1. The molecule has 2 aliphatic heterocycles. The highest BCUT2D eigenvalue weighted by Gasteiger charge is 2.57. The van der Waals surface area contributed by atoms with Crippen LogP contribution in [-0.4, -0.2) is 90.4 Å². The molecule has 168 valence electrons. The van der Waals surface area contributed by atoms with Crippen LogP contribution in [0.5, 0.6) is 0 Å². The average molecular weight is 490 g/mol. The number of nitrogen functional groups attached to an aromatic ring is 1. The molecule has 2 saturated heterocycles. The minimum absolute atomic E-state index is 0.0369. The quantitative estimate of drug-likeness (QED) is 0.210. The molecule has 3 rings (SSSR count). The predicted octanol–water partition coefficient (Wildman–Crippen LogP) is -0.495. The van der Waals surface area contributed by atoms with Crippen molar-refractivity contribution < 1.29 is 34.2 Å². The average Bonchev–Trinajstić information content (AvgIpc) is 3.16. The number of rotatable bonds is 8. The molecule has 2 aliphatic rings. The topological polar surface area (TPSA) is 185 Å². The molecule has 12 nitrogen and oxygen atoms in total. The fraction of sp³-hybridized carbons (Fsp3) is 0.500. The molecule has 0 bridgehead atoms. The van der Waals surface area contributed by atoms with E-state index in [0.717, 1.165) is 11.3 Å². The minimum atomic E-state index is -1.32. The first-order chi connectivity index (χ1) is 14.6. The van der Waals surface area contributed by atoms with Crippen molar-refractivity contribution >= 4 is 69.5 Å². The predicted molar refractivity (Wildman–Crippen MR) is 115 cm³/mol. The van der Waals surface area contributed by atoms with Gasteiger partial charge in [-0.05, 0) is 13.2 Å². The Morgan fingerprint density at radius 3 is 2.74 bits per heavy atom. The lowest BCUT2D eigenvalue weighted by Gasteiger charge is -2.53. The van der Waals surface area contributed by atoms with E-state index in [-0.39, 0.29) is 28.8 Å². The number of thiazole rings is 1. The summed E-state index contributed by atoms with van der Waals surface area (Å²) in [6.07, 6.45) is 0.364. The summed E-state index contributed by atoms with van der Waals surface area (Å²) in [5.74, 6) is -3.21. The van der Waals surface area contributed by atoms with Crippen LogP contribution in [0.3, 0.4) is 0 Å². The van der Waals surface area contributed by atoms with Crippen LogP contribution in [-0.2, 0) is 24.0 Å². The molecule has 3 unspecified atom stereocenters. The molecule has 0 aromatic carbocycles. The molecule has 3 heterocycles. The zero-order valence-electron chi connectivity index (χ0n) is 16.3. The van der Waals surface area contributed by atoms with Gasteiger partial charge in [0.05, 0.1) is 0 Å². The van der Waals surface area contributed by atoms with Crippen LogP contribution in [0.25, 0.3) is 0 Å². The van der Waals surface area contributed by atoms with Crippen LogP contribution >= 0.6 is 34.9 Å². The van der Waals surface area contributed by atoms with Gasteiger partial charge in [-0.1, -0.05) is 5.16 Å². The molecule has 15 heteroatoms. The van der Waals surface area contributed by atoms with Gasteiger partial charge in [0, 0.05) is 17.7 Å². The van der Waals surface area contributed by atoms with Gasteiger partial charge in [0.2, 0.25) is 12.0 Å². The minimum Gasteiger partial charge on any atom is -0.480 e. The number of anilines is 1. The Balaban J connectivity index is 1.74. The van der Waals surface area contributed by atoms with Crippen molar-refractivity contribution in [3.05, 3.63) is 11.1 Å². The van der Waals surface area contributed by atoms with E-state index in [0.29, 0.717) is 0 Å². The van der Waals surface area contributed by atoms with Gasteiger partial charge in [0.25, 0.3) is 5.91 Å². The molecule has 1 aromatic heterocycles. The van der Waals surface area contributed by atoms with E-state index in [2.05, 4.69) is 15.5 Å². The number of oxime groups is 1. The molecule has 0 radical (unpaired) electrons. The summed E-state index contributed by atoms with van der Waals surface area (Å²) in [7, 11) is 0. The fourth-order valence-electron chi connectivity index (χ4n) is 2.88. The summed E-state index contributed by atoms with van der Waals surface area (Å²) in [6, 6.07) is -0.885. The van der Waals surface area contributed by atoms with Gasteiger partial charge in [-0.25, -0.2) is 9.78 Å². The first kappa shape index (κ1) is 23.1. The summed E-state index contributed by atoms with van der Waals surface area (Å²) < 4.78 is -1.10. The second-order valence-corrected chi connectivity index (χ2v) is 9.90. The zero-order valence-corrected chi connectivity index (χ0v) is 18.8. The number of carbonyl (C=O) groups is 4. The van der Waals surface area contributed by atoms with Crippen molar-refractivity contribution in [3.8, 4) is 0 Å². The van der Waals surface area contributed by atoms with Crippen molar-refractivity contribution in [2.45, 2.75) is 29.2 Å². The second kappa shape index (κ2) is 8.92. The molecule has 2 fully saturated rings. The van der Waals surface area contributed by atoms with E-state index in [4.69, 9.17) is 15.7 Å². The van der Waals surface area contributed by atoms with Crippen LogP contribution in [0.1, 0.15) is 12.6 Å². The molecule has 4 atom stereocenters. The summed E-state index contributed by atoms with van der Waals surface area (Å²) in [4.78, 5) is 58.3. The largest absolute Gasteiger partial charge is 0.480 e. The number of β-lactam (4-membered cyclic amide) rings is 1. The summed E-state index contributed by atoms with van der Waals surface area (Å²) >= 11 is 3.49. The smallest absolute Gasteiger partial charge is 0.347 e. The Kier molecular flexibility index (Phi) is 6.66. The number of carboxylic acids is 2. The SMILES string of the molecule is CSC1(C(=O)O)CS[C@@H]2C(NC(=O)C(=NOC(C)C(=O)O)c3csc(N)n3)C(=O)N2C1. The third-order valence-corrected chi connectivity index (χ3v) is 8.36. The number of fused-ring (bicyclic) bond motifs is 1. The number of amides is 2. The highest BCUT2D eigenvalue weighted by atomic mass is 32.2. The third kappa shape index (κ3) is 4.43. The number of aliphatic carboxylic acids is 2. The Morgan fingerprint density at radius 1 is 1.48 bits per heavy atom. The first-order valence-electron chi connectivity index (χ1n) is 8.79. The Bertz CT molecular complexity index is 954. The maximum atomic E-state index is 12.8. The summed E-state index contributed by atoms with van der Waals surface area (Å²) in [5, 5.41) is 25.9. The van der Waals surface area contributed by atoms with Gasteiger partial charge < -0.3 is 31.0 Å². The van der Waals surface area contributed by atoms with Crippen LogP contribution in [0.4, 0.5) is 5.13 Å². The molecule has 2 amide bonds. The van der Waals surface area contributed by atoms with Gasteiger partial charge in [0.1, 0.15) is 21.9 Å². The van der Waals surface area contributed by atoms with Crippen molar-refractivity contribution in [2.24, 2.45) is 5.16 Å². The van der Waals surface area contributed by atoms with Crippen LogP contribution < -0.4 is 11.1 Å². The standard InChI is InChI=1S/C16H19N5O7S3/c1-6(13(24)25)28-20-8(7-3-30-15(17)18-7)10(22)19-9-11(23)21-4-16(29-2,14(26)27)5-31-12(9)21/h3,6,9,12H,4-5H2,1-2H3,(H2,17,18)(H,19,22)(H,24,25)(H,26,27)/t6?,9?,12-,16?/m1/s1. The molecular formula is C16H19N5O7S3. The normalized spacial score (nSPS) is 26.5. The lowest BCUT2D eigenvalue weighted by atomic mass is 10.0. The van der Waals surface area contributed by atoms with Crippen LogP contribution in [0, 0.1) is 0 Å². The number of aromatic nitrogens is 1. The highest BCUT2D eigenvalue weighted by molar-refractivity contribution is 8.04. The highest BCUT2D eigenvalue weighted by Crippen LogP contribution is 2.43. The molecular weight excluding hydrogens is 470 g/mol. The van der Waals surface area contributed by atoms with Gasteiger partial charge in [-0.15, -0.1) is 34.9 Å². The molecule has 0 aliphatic carbocycles. The van der Waals surface area contributed by atoms with E-state index >= 15 is 0 Å². The maximum absolute atomic E-state index is 12.8. The summed E-state index contributed by atoms with van der Waals surface area (Å²) in [5.41, 5.74) is 5.36. The first-order valence-corrected chi connectivity index (χ1v) is 11.9. The van der Waals surface area contributed by atoms with Crippen molar-refractivity contribution in [2.75, 3.05) is 24.3 Å². The van der Waals surface area contributed by atoms with Gasteiger partial charge in [0.15, 0.2) is 10.8 Å². The molecule has 5 N–H and O–H groups in total. The zero-order chi connectivity index (χ0) is 22.9. The Morgan fingerprint density at radius 2 is 2.19 bits per heavy atom. The number of nitrogens with zero attached hydrogens (tertiary/aromatic N) is 3. The summed E-state index contributed by atoms with van der Waals surface area (Å²) in [6.45, 7) is 1.28. The number of carbonyl (C=O) groups excluding carboxylic acids is 2. The van der Waals surface area contributed by atoms with E-state index in [1.807, 2.05) is 0 Å². The molecule has 1 aromatic rings. The number of hydrogen-bond donors (Lipinski definition) is 4. The lowest BCUT2D eigenvalue weighted by Crippen LogP contribution is -2.74. The van der Waals surface area contributed by atoms with Crippen molar-refractivity contribution in [1.82, 2.24) is 15.2 Å². The van der Waals surface area contributed by atoms with E-state index in [1.165, 1.54) is 40.7 Å². The third-order valence-electron chi connectivity index (χ3n) is 4.75. The van der Waals surface area contributed by atoms with Gasteiger partial charge in [-0.2, -0.15) is 0 Å². The van der Waals surface area contributed by atoms with E-state index in [1.54, 1.807) is 6.26 Å². The van der Waals surface area contributed by atoms with Crippen molar-refractivity contribution in [1.29, 1.82) is 0 Å².